The molecule has 1 aliphatic heterocycles. The average molecular weight is 298 g/mol. The van der Waals surface area contributed by atoms with Gasteiger partial charge < -0.3 is 14.6 Å². The number of aliphatic hydroxyl groups is 1. The van der Waals surface area contributed by atoms with Gasteiger partial charge in [-0.1, -0.05) is 13.0 Å². The lowest BCUT2D eigenvalue weighted by atomic mass is 9.54. The molecule has 1 aromatic rings. The van der Waals surface area contributed by atoms with Crippen molar-refractivity contribution >= 4 is 5.78 Å². The molecule has 0 aromatic heterocycles. The average Bonchev–Trinajstić information content (AvgIpc) is 3.00. The molecule has 1 N–H and O–H groups in total. The molecule has 4 nitrogen and oxygen atoms in total. The largest absolute Gasteiger partial charge is 0.493 e. The van der Waals surface area contributed by atoms with E-state index in [2.05, 4.69) is 13.0 Å². The van der Waals surface area contributed by atoms with E-state index in [0.717, 1.165) is 18.4 Å². The highest BCUT2D eigenvalue weighted by Crippen LogP contribution is 2.69. The van der Waals surface area contributed by atoms with Crippen LogP contribution in [0.25, 0.3) is 0 Å². The monoisotopic (exact) mass is 298 g/mol. The summed E-state index contributed by atoms with van der Waals surface area (Å²) in [5.41, 5.74) is 0.585. The smallest absolute Gasteiger partial charge is 0.196 e. The zero-order valence-corrected chi connectivity index (χ0v) is 12.6. The van der Waals surface area contributed by atoms with Crippen molar-refractivity contribution in [2.45, 2.75) is 42.8 Å². The fraction of sp³-hybridized carbons (Fsp3) is 0.500. The van der Waals surface area contributed by atoms with Gasteiger partial charge in [0.1, 0.15) is 0 Å². The minimum atomic E-state index is -1.02. The van der Waals surface area contributed by atoms with Crippen molar-refractivity contribution in [3.05, 3.63) is 35.4 Å². The van der Waals surface area contributed by atoms with Crippen LogP contribution in [-0.4, -0.2) is 29.7 Å². The van der Waals surface area contributed by atoms with Crippen LogP contribution in [0.4, 0.5) is 0 Å². The second kappa shape index (κ2) is 3.57. The fourth-order valence-electron chi connectivity index (χ4n) is 5.45. The summed E-state index contributed by atoms with van der Waals surface area (Å²) in [5.74, 6) is 1.74. The van der Waals surface area contributed by atoms with E-state index in [4.69, 9.17) is 9.47 Å². The molecule has 1 fully saturated rings. The van der Waals surface area contributed by atoms with Gasteiger partial charge in [0.25, 0.3) is 0 Å². The number of carbonyl (C=O) groups is 1. The van der Waals surface area contributed by atoms with Gasteiger partial charge in [0, 0.05) is 5.56 Å². The van der Waals surface area contributed by atoms with E-state index in [1.807, 2.05) is 6.07 Å². The zero-order valence-electron chi connectivity index (χ0n) is 12.6. The summed E-state index contributed by atoms with van der Waals surface area (Å²) >= 11 is 0. The number of rotatable bonds is 1. The van der Waals surface area contributed by atoms with E-state index >= 15 is 0 Å². The van der Waals surface area contributed by atoms with Gasteiger partial charge in [-0.3, -0.25) is 4.79 Å². The van der Waals surface area contributed by atoms with Crippen LogP contribution in [0.2, 0.25) is 0 Å². The molecular weight excluding hydrogens is 280 g/mol. The Bertz CT molecular complexity index is 752. The lowest BCUT2D eigenvalue weighted by Crippen LogP contribution is -2.64. The predicted octanol–water partition coefficient (Wildman–Crippen LogP) is 2.09. The van der Waals surface area contributed by atoms with Crippen LogP contribution in [0.15, 0.2) is 24.3 Å². The third kappa shape index (κ3) is 1.06. The number of carbonyl (C=O) groups excluding carboxylic acids is 1. The summed E-state index contributed by atoms with van der Waals surface area (Å²) < 4.78 is 11.5. The SMILES string of the molecule is COc1ccc2c3c1OC1C(=O)C=CC4(O)C(C)CC2CC314. The van der Waals surface area contributed by atoms with Gasteiger partial charge in [0.2, 0.25) is 0 Å². The molecule has 4 heteroatoms. The second-order valence-electron chi connectivity index (χ2n) is 7.13. The molecule has 2 bridgehead atoms. The quantitative estimate of drug-likeness (QED) is 0.862. The van der Waals surface area contributed by atoms with Crippen LogP contribution in [0.5, 0.6) is 11.5 Å². The standard InChI is InChI=1S/C18H18O4/c1-9-7-10-8-17-14-11(10)3-4-13(21-2)15(14)22-16(17)12(19)5-6-18(9,17)20/h3-6,9-10,16,20H,7-8H2,1-2H3. The molecule has 0 amide bonds. The van der Waals surface area contributed by atoms with Gasteiger partial charge in [-0.15, -0.1) is 0 Å². The first-order valence-corrected chi connectivity index (χ1v) is 7.86. The maximum absolute atomic E-state index is 12.5. The Morgan fingerprint density at radius 3 is 3.00 bits per heavy atom. The molecule has 1 aromatic carbocycles. The third-order valence-electron chi connectivity index (χ3n) is 6.38. The highest BCUT2D eigenvalue weighted by Gasteiger charge is 2.72. The summed E-state index contributed by atoms with van der Waals surface area (Å²) in [5, 5.41) is 11.5. The number of ketones is 1. The van der Waals surface area contributed by atoms with Gasteiger partial charge in [0.15, 0.2) is 23.4 Å². The lowest BCUT2D eigenvalue weighted by molar-refractivity contribution is -0.140. The van der Waals surface area contributed by atoms with Crippen molar-refractivity contribution in [3.63, 3.8) is 0 Å². The van der Waals surface area contributed by atoms with Crippen molar-refractivity contribution in [1.82, 2.24) is 0 Å². The number of hydrogen-bond donors (Lipinski definition) is 1. The van der Waals surface area contributed by atoms with E-state index in [1.165, 1.54) is 11.6 Å². The molecule has 22 heavy (non-hydrogen) atoms. The summed E-state index contributed by atoms with van der Waals surface area (Å²) in [7, 11) is 1.61. The van der Waals surface area contributed by atoms with Crippen molar-refractivity contribution in [3.8, 4) is 11.5 Å². The Labute approximate surface area is 128 Å². The molecule has 5 rings (SSSR count). The second-order valence-corrected chi connectivity index (χ2v) is 7.13. The molecule has 0 radical (unpaired) electrons. The van der Waals surface area contributed by atoms with E-state index in [1.54, 1.807) is 13.2 Å². The number of hydrogen-bond acceptors (Lipinski definition) is 4. The first-order valence-electron chi connectivity index (χ1n) is 7.86. The summed E-state index contributed by atoms with van der Waals surface area (Å²) in [6.07, 6.45) is 4.31. The number of methoxy groups -OCH3 is 1. The van der Waals surface area contributed by atoms with Crippen LogP contribution in [0.3, 0.4) is 0 Å². The molecule has 3 aliphatic carbocycles. The molecule has 1 saturated carbocycles. The van der Waals surface area contributed by atoms with Crippen LogP contribution in [-0.2, 0) is 10.2 Å². The Balaban J connectivity index is 1.90. The normalized spacial score (nSPS) is 43.0. The minimum Gasteiger partial charge on any atom is -0.493 e. The first kappa shape index (κ1) is 12.7. The van der Waals surface area contributed by atoms with Gasteiger partial charge in [0.05, 0.1) is 18.1 Å². The summed E-state index contributed by atoms with van der Waals surface area (Å²) in [6.45, 7) is 2.08. The number of fused-ring (bicyclic) bond motifs is 2. The molecule has 1 spiro atoms. The molecule has 114 valence electrons. The molecular formula is C18H18O4. The minimum absolute atomic E-state index is 0.0522. The number of ether oxygens (including phenoxy) is 2. The van der Waals surface area contributed by atoms with E-state index in [9.17, 15) is 9.90 Å². The topological polar surface area (TPSA) is 55.8 Å². The van der Waals surface area contributed by atoms with Gasteiger partial charge in [-0.2, -0.15) is 0 Å². The van der Waals surface area contributed by atoms with Crippen molar-refractivity contribution in [1.29, 1.82) is 0 Å². The van der Waals surface area contributed by atoms with Crippen molar-refractivity contribution in [2.24, 2.45) is 5.92 Å². The van der Waals surface area contributed by atoms with Crippen LogP contribution >= 0.6 is 0 Å². The van der Waals surface area contributed by atoms with E-state index < -0.39 is 17.1 Å². The van der Waals surface area contributed by atoms with Crippen LogP contribution < -0.4 is 9.47 Å². The molecule has 4 aliphatic rings. The summed E-state index contributed by atoms with van der Waals surface area (Å²) in [4.78, 5) is 12.5. The van der Waals surface area contributed by atoms with Gasteiger partial charge >= 0.3 is 0 Å². The first-order chi connectivity index (χ1) is 10.5. The Hall–Kier alpha value is -1.81. The predicted molar refractivity (Wildman–Crippen MR) is 79.3 cm³/mol. The van der Waals surface area contributed by atoms with E-state index in [0.29, 0.717) is 17.4 Å². The third-order valence-corrected chi connectivity index (χ3v) is 6.38. The van der Waals surface area contributed by atoms with Gasteiger partial charge in [-0.05, 0) is 48.5 Å². The highest BCUT2D eigenvalue weighted by molar-refractivity contribution is 5.99. The molecule has 5 unspecified atom stereocenters. The van der Waals surface area contributed by atoms with Crippen LogP contribution in [0, 0.1) is 5.92 Å². The van der Waals surface area contributed by atoms with Crippen molar-refractivity contribution < 1.29 is 19.4 Å². The maximum atomic E-state index is 12.5. The number of benzene rings is 1. The Morgan fingerprint density at radius 1 is 1.41 bits per heavy atom. The van der Waals surface area contributed by atoms with Crippen LogP contribution in [0.1, 0.15) is 36.8 Å². The molecule has 5 atom stereocenters. The Morgan fingerprint density at radius 2 is 2.23 bits per heavy atom. The molecule has 1 heterocycles. The molecule has 0 saturated heterocycles. The maximum Gasteiger partial charge on any atom is 0.196 e. The van der Waals surface area contributed by atoms with E-state index in [-0.39, 0.29) is 11.7 Å². The fourth-order valence-corrected chi connectivity index (χ4v) is 5.45. The summed E-state index contributed by atoms with van der Waals surface area (Å²) in [6, 6.07) is 4.01. The Kier molecular flexibility index (Phi) is 2.06. The van der Waals surface area contributed by atoms with Crippen molar-refractivity contribution in [2.75, 3.05) is 7.11 Å². The lowest BCUT2D eigenvalue weighted by Gasteiger charge is -2.52. The zero-order chi connectivity index (χ0) is 15.3. The van der Waals surface area contributed by atoms with Gasteiger partial charge in [-0.25, -0.2) is 0 Å². The highest BCUT2D eigenvalue weighted by atomic mass is 16.5.